The second-order valence-electron chi connectivity index (χ2n) is 3.83. The number of thiazole rings is 1. The average molecular weight is 327 g/mol. The summed E-state index contributed by atoms with van der Waals surface area (Å²) < 4.78 is 6.23. The highest BCUT2D eigenvalue weighted by Gasteiger charge is 2.13. The van der Waals surface area contributed by atoms with E-state index < -0.39 is 0 Å². The zero-order valence-corrected chi connectivity index (χ0v) is 12.8. The number of benzene rings is 1. The summed E-state index contributed by atoms with van der Waals surface area (Å²) in [4.78, 5) is 5.56. The number of hydrogen-bond acceptors (Lipinski definition) is 4. The summed E-state index contributed by atoms with van der Waals surface area (Å²) in [5, 5.41) is 0.939. The third-order valence-corrected chi connectivity index (χ3v) is 4.77. The molecular weight excluding hydrogens is 312 g/mol. The molecule has 1 aromatic heterocycles. The van der Waals surface area contributed by atoms with Gasteiger partial charge in [-0.25, -0.2) is 4.98 Å². The highest BCUT2D eigenvalue weighted by molar-refractivity contribution is 9.10. The molecule has 0 aliphatic rings. The third-order valence-electron chi connectivity index (χ3n) is 2.74. The molecule has 1 heterocycles. The summed E-state index contributed by atoms with van der Waals surface area (Å²) in [6.45, 7) is 2.63. The van der Waals surface area contributed by atoms with Crippen LogP contribution in [0.5, 0.6) is 5.75 Å². The molecule has 0 bridgehead atoms. The van der Waals surface area contributed by atoms with Crippen LogP contribution in [0.4, 0.5) is 0 Å². The van der Waals surface area contributed by atoms with Gasteiger partial charge >= 0.3 is 0 Å². The van der Waals surface area contributed by atoms with Crippen LogP contribution in [0.25, 0.3) is 10.6 Å². The largest absolute Gasteiger partial charge is 0.496 e. The molecular formula is C13H15BrN2OS. The van der Waals surface area contributed by atoms with Crippen molar-refractivity contribution in [2.45, 2.75) is 19.9 Å². The summed E-state index contributed by atoms with van der Waals surface area (Å²) in [5.41, 5.74) is 7.98. The van der Waals surface area contributed by atoms with Crippen molar-refractivity contribution in [3.8, 4) is 16.3 Å². The van der Waals surface area contributed by atoms with Crippen LogP contribution in [0.3, 0.4) is 0 Å². The fourth-order valence-corrected chi connectivity index (χ4v) is 3.27. The Balaban J connectivity index is 2.53. The number of methoxy groups -OCH3 is 1. The molecule has 2 N–H and O–H groups in total. The van der Waals surface area contributed by atoms with Crippen LogP contribution >= 0.6 is 27.3 Å². The molecule has 0 radical (unpaired) electrons. The van der Waals surface area contributed by atoms with E-state index in [9.17, 15) is 0 Å². The number of rotatable bonds is 4. The van der Waals surface area contributed by atoms with E-state index in [1.54, 1.807) is 18.4 Å². The van der Waals surface area contributed by atoms with Crippen LogP contribution in [0.15, 0.2) is 22.8 Å². The van der Waals surface area contributed by atoms with Gasteiger partial charge in [-0.1, -0.05) is 13.0 Å². The SMILES string of the molecule is CCc1ccc(OC)c(-c2nc(Br)c(CN)s2)c1. The predicted molar refractivity (Wildman–Crippen MR) is 79.1 cm³/mol. The van der Waals surface area contributed by atoms with Gasteiger partial charge in [0.15, 0.2) is 0 Å². The van der Waals surface area contributed by atoms with Crippen molar-refractivity contribution in [2.75, 3.05) is 7.11 Å². The minimum Gasteiger partial charge on any atom is -0.496 e. The molecule has 0 saturated carbocycles. The normalized spacial score (nSPS) is 10.7. The van der Waals surface area contributed by atoms with Gasteiger partial charge in [0.05, 0.1) is 17.6 Å². The van der Waals surface area contributed by atoms with Crippen LogP contribution in [0.2, 0.25) is 0 Å². The van der Waals surface area contributed by atoms with E-state index in [0.717, 1.165) is 32.2 Å². The second-order valence-corrected chi connectivity index (χ2v) is 5.66. The van der Waals surface area contributed by atoms with Gasteiger partial charge in [0.25, 0.3) is 0 Å². The summed E-state index contributed by atoms with van der Waals surface area (Å²) in [7, 11) is 1.68. The molecule has 0 aliphatic heterocycles. The number of nitrogens with two attached hydrogens (primary N) is 1. The first-order chi connectivity index (χ1) is 8.69. The van der Waals surface area contributed by atoms with Gasteiger partial charge in [-0.2, -0.15) is 0 Å². The van der Waals surface area contributed by atoms with Crippen LogP contribution in [0.1, 0.15) is 17.4 Å². The Morgan fingerprint density at radius 2 is 2.22 bits per heavy atom. The van der Waals surface area contributed by atoms with E-state index in [-0.39, 0.29) is 0 Å². The Morgan fingerprint density at radius 1 is 1.44 bits per heavy atom. The lowest BCUT2D eigenvalue weighted by Crippen LogP contribution is -1.92. The smallest absolute Gasteiger partial charge is 0.129 e. The molecule has 0 saturated heterocycles. The zero-order valence-electron chi connectivity index (χ0n) is 10.4. The van der Waals surface area contributed by atoms with E-state index in [1.807, 2.05) is 6.07 Å². The number of halogens is 1. The van der Waals surface area contributed by atoms with Gasteiger partial charge in [0, 0.05) is 6.54 Å². The van der Waals surface area contributed by atoms with E-state index in [4.69, 9.17) is 10.5 Å². The van der Waals surface area contributed by atoms with E-state index in [1.165, 1.54) is 5.56 Å². The molecule has 1 aromatic carbocycles. The molecule has 0 aliphatic carbocycles. The fraction of sp³-hybridized carbons (Fsp3) is 0.308. The minimum absolute atomic E-state index is 0.494. The molecule has 0 fully saturated rings. The first kappa shape index (κ1) is 13.5. The van der Waals surface area contributed by atoms with Crippen LogP contribution in [-0.2, 0) is 13.0 Å². The number of hydrogen-bond donors (Lipinski definition) is 1. The first-order valence-corrected chi connectivity index (χ1v) is 7.33. The van der Waals surface area contributed by atoms with Crippen LogP contribution in [0, 0.1) is 0 Å². The summed E-state index contributed by atoms with van der Waals surface area (Å²) >= 11 is 5.03. The molecule has 0 atom stereocenters. The minimum atomic E-state index is 0.494. The molecule has 0 spiro atoms. The van der Waals surface area contributed by atoms with Crippen molar-refractivity contribution in [3.05, 3.63) is 33.2 Å². The Kier molecular flexibility index (Phi) is 4.37. The maximum atomic E-state index is 5.68. The number of nitrogens with zero attached hydrogens (tertiary/aromatic N) is 1. The van der Waals surface area contributed by atoms with Gasteiger partial charge in [0.1, 0.15) is 15.4 Å². The molecule has 2 rings (SSSR count). The maximum absolute atomic E-state index is 5.68. The highest BCUT2D eigenvalue weighted by atomic mass is 79.9. The van der Waals surface area contributed by atoms with Crippen molar-refractivity contribution in [1.82, 2.24) is 4.98 Å². The van der Waals surface area contributed by atoms with Crippen molar-refractivity contribution in [1.29, 1.82) is 0 Å². The summed E-state index contributed by atoms with van der Waals surface area (Å²) in [6, 6.07) is 6.20. The van der Waals surface area contributed by atoms with Crippen LogP contribution in [-0.4, -0.2) is 12.1 Å². The number of ether oxygens (including phenoxy) is 1. The Bertz CT molecular complexity index is 554. The molecule has 0 amide bonds. The van der Waals surface area contributed by atoms with Gasteiger partial charge in [-0.3, -0.25) is 0 Å². The first-order valence-electron chi connectivity index (χ1n) is 5.72. The summed E-state index contributed by atoms with van der Waals surface area (Å²) in [5.74, 6) is 0.844. The fourth-order valence-electron chi connectivity index (χ4n) is 1.72. The summed E-state index contributed by atoms with van der Waals surface area (Å²) in [6.07, 6.45) is 0.993. The van der Waals surface area contributed by atoms with Crippen molar-refractivity contribution in [2.24, 2.45) is 5.73 Å². The molecule has 5 heteroatoms. The van der Waals surface area contributed by atoms with Crippen molar-refractivity contribution < 1.29 is 4.74 Å². The van der Waals surface area contributed by atoms with Gasteiger partial charge in [-0.05, 0) is 40.0 Å². The lowest BCUT2D eigenvalue weighted by atomic mass is 10.1. The van der Waals surface area contributed by atoms with Gasteiger partial charge in [0.2, 0.25) is 0 Å². The Hall–Kier alpha value is -0.910. The van der Waals surface area contributed by atoms with E-state index in [0.29, 0.717) is 6.54 Å². The molecule has 3 nitrogen and oxygen atoms in total. The quantitative estimate of drug-likeness (QED) is 0.933. The monoisotopic (exact) mass is 326 g/mol. The second kappa shape index (κ2) is 5.82. The zero-order chi connectivity index (χ0) is 13.1. The lowest BCUT2D eigenvalue weighted by molar-refractivity contribution is 0.416. The topological polar surface area (TPSA) is 48.1 Å². The van der Waals surface area contributed by atoms with Crippen LogP contribution < -0.4 is 10.5 Å². The van der Waals surface area contributed by atoms with E-state index >= 15 is 0 Å². The lowest BCUT2D eigenvalue weighted by Gasteiger charge is -2.07. The Labute approximate surface area is 119 Å². The average Bonchev–Trinajstić information content (AvgIpc) is 2.79. The molecule has 2 aromatic rings. The maximum Gasteiger partial charge on any atom is 0.129 e. The predicted octanol–water partition coefficient (Wildman–Crippen LogP) is 3.60. The van der Waals surface area contributed by atoms with Crippen molar-refractivity contribution >= 4 is 27.3 Å². The van der Waals surface area contributed by atoms with Gasteiger partial charge < -0.3 is 10.5 Å². The Morgan fingerprint density at radius 3 is 2.78 bits per heavy atom. The standard InChI is InChI=1S/C13H15BrN2OS/c1-3-8-4-5-10(17-2)9(6-8)13-16-12(14)11(7-15)18-13/h4-6H,3,7,15H2,1-2H3. The molecule has 96 valence electrons. The van der Waals surface area contributed by atoms with E-state index in [2.05, 4.69) is 40.0 Å². The van der Waals surface area contributed by atoms with Gasteiger partial charge in [-0.15, -0.1) is 11.3 Å². The number of aromatic nitrogens is 1. The highest BCUT2D eigenvalue weighted by Crippen LogP contribution is 2.36. The third kappa shape index (κ3) is 2.58. The molecule has 0 unspecified atom stereocenters. The molecule has 18 heavy (non-hydrogen) atoms. The number of aryl methyl sites for hydroxylation is 1. The van der Waals surface area contributed by atoms with Crippen molar-refractivity contribution in [3.63, 3.8) is 0 Å².